The molecule has 0 amide bonds. The van der Waals surface area contributed by atoms with Crippen LogP contribution in [0.4, 0.5) is 0 Å². The molecule has 0 unspecified atom stereocenters. The maximum atomic E-state index is 10.6. The van der Waals surface area contributed by atoms with Crippen LogP contribution in [0.2, 0.25) is 0 Å². The van der Waals surface area contributed by atoms with Gasteiger partial charge < -0.3 is 37.9 Å². The lowest BCUT2D eigenvalue weighted by Crippen LogP contribution is -2.14. The summed E-state index contributed by atoms with van der Waals surface area (Å²) in [6, 6.07) is 7.28. The fourth-order valence-electron chi connectivity index (χ4n) is 2.88. The van der Waals surface area contributed by atoms with Gasteiger partial charge in [-0.1, -0.05) is 12.1 Å². The van der Waals surface area contributed by atoms with Crippen LogP contribution >= 0.6 is 0 Å². The summed E-state index contributed by atoms with van der Waals surface area (Å²) < 4.78 is 103. The number of hydrogen-bond acceptors (Lipinski definition) is 12. The summed E-state index contributed by atoms with van der Waals surface area (Å²) in [6.07, 6.45) is 0.456. The number of ether oxygens (including phenoxy) is 8. The minimum Gasteiger partial charge on any atom is -0.487 e. The van der Waals surface area contributed by atoms with E-state index in [9.17, 15) is 16.8 Å². The molecule has 0 heterocycles. The molecule has 1 aromatic rings. The Labute approximate surface area is 236 Å². The maximum Gasteiger partial charge on any atom is 0.264 e. The molecule has 0 aliphatic rings. The van der Waals surface area contributed by atoms with Crippen LogP contribution in [0.5, 0.6) is 11.5 Å². The first-order valence-electron chi connectivity index (χ1n) is 12.9. The Hall–Kier alpha value is -1.60. The van der Waals surface area contributed by atoms with Gasteiger partial charge in [-0.25, -0.2) is 0 Å². The fraction of sp³-hybridized carbons (Fsp3) is 0.750. The third-order valence-corrected chi connectivity index (χ3v) is 6.30. The largest absolute Gasteiger partial charge is 0.487 e. The van der Waals surface area contributed by atoms with E-state index in [1.165, 1.54) is 0 Å². The lowest BCUT2D eigenvalue weighted by molar-refractivity contribution is 0.00796. The molecule has 16 heteroatoms. The van der Waals surface area contributed by atoms with Gasteiger partial charge in [0.25, 0.3) is 20.2 Å². The van der Waals surface area contributed by atoms with Crippen molar-refractivity contribution in [1.29, 1.82) is 0 Å². The molecule has 40 heavy (non-hydrogen) atoms. The summed E-state index contributed by atoms with van der Waals surface area (Å²) >= 11 is 0. The van der Waals surface area contributed by atoms with Gasteiger partial charge in [-0.3, -0.25) is 9.11 Å². The smallest absolute Gasteiger partial charge is 0.264 e. The van der Waals surface area contributed by atoms with Crippen LogP contribution in [-0.4, -0.2) is 130 Å². The first-order chi connectivity index (χ1) is 19.2. The highest BCUT2D eigenvalue weighted by Gasteiger charge is 2.06. The van der Waals surface area contributed by atoms with Crippen LogP contribution in [0.1, 0.15) is 12.8 Å². The zero-order valence-corrected chi connectivity index (χ0v) is 24.3. The van der Waals surface area contributed by atoms with Crippen molar-refractivity contribution in [3.8, 4) is 11.5 Å². The van der Waals surface area contributed by atoms with Crippen LogP contribution in [0, 0.1) is 0 Å². The van der Waals surface area contributed by atoms with Crippen molar-refractivity contribution in [1.82, 2.24) is 0 Å². The van der Waals surface area contributed by atoms with Crippen LogP contribution in [0.25, 0.3) is 0 Å². The average Bonchev–Trinajstić information content (AvgIpc) is 2.89. The molecule has 1 rings (SSSR count). The molecule has 0 aliphatic heterocycles. The van der Waals surface area contributed by atoms with Gasteiger partial charge in [0.1, 0.15) is 13.2 Å². The van der Waals surface area contributed by atoms with Gasteiger partial charge in [-0.15, -0.1) is 0 Å². The molecular formula is C24H42O14S2. The number of para-hydroxylation sites is 2. The lowest BCUT2D eigenvalue weighted by Gasteiger charge is -2.13. The van der Waals surface area contributed by atoms with Gasteiger partial charge in [-0.05, 0) is 25.0 Å². The first-order valence-corrected chi connectivity index (χ1v) is 16.1. The molecular weight excluding hydrogens is 576 g/mol. The quantitative estimate of drug-likeness (QED) is 0.101. The minimum absolute atomic E-state index is 0.228. The second-order valence-electron chi connectivity index (χ2n) is 8.10. The van der Waals surface area contributed by atoms with Crippen LogP contribution in [0.15, 0.2) is 24.3 Å². The van der Waals surface area contributed by atoms with E-state index in [4.69, 9.17) is 47.0 Å². The van der Waals surface area contributed by atoms with Gasteiger partial charge in [0.15, 0.2) is 11.5 Å². The van der Waals surface area contributed by atoms with Crippen LogP contribution < -0.4 is 9.47 Å². The van der Waals surface area contributed by atoms with E-state index < -0.39 is 20.2 Å². The molecule has 0 aliphatic carbocycles. The Kier molecular flexibility index (Phi) is 21.0. The van der Waals surface area contributed by atoms with Gasteiger partial charge in [0.2, 0.25) is 0 Å². The van der Waals surface area contributed by atoms with Crippen molar-refractivity contribution in [3.05, 3.63) is 24.3 Å². The summed E-state index contributed by atoms with van der Waals surface area (Å²) in [5.74, 6) is 0.541. The zero-order chi connectivity index (χ0) is 29.4. The van der Waals surface area contributed by atoms with E-state index >= 15 is 0 Å². The molecule has 2 N–H and O–H groups in total. The van der Waals surface area contributed by atoms with Gasteiger partial charge >= 0.3 is 0 Å². The number of rotatable bonds is 28. The van der Waals surface area contributed by atoms with E-state index in [0.717, 1.165) is 0 Å². The number of benzene rings is 1. The second kappa shape index (κ2) is 23.0. The van der Waals surface area contributed by atoms with Crippen molar-refractivity contribution < 1.29 is 63.8 Å². The average molecular weight is 619 g/mol. The highest BCUT2D eigenvalue weighted by atomic mass is 32.2. The standard InChI is InChI=1S/C24H42O14S2/c25-39(26,27)21-3-7-31-9-11-33-13-15-35-17-19-37-23-5-1-2-6-24(23)38-20-18-36-16-14-34-12-10-32-8-4-22-40(28,29)30/h1-2,5-6H,3-4,7-22H2,(H,25,26,27)(H,28,29,30). The molecule has 1 aromatic carbocycles. The molecule has 0 saturated carbocycles. The Balaban J connectivity index is 1.95. The van der Waals surface area contributed by atoms with E-state index in [1.807, 2.05) is 12.1 Å². The highest BCUT2D eigenvalue weighted by molar-refractivity contribution is 7.86. The predicted octanol–water partition coefficient (Wildman–Crippen LogP) is 1.10. The second-order valence-corrected chi connectivity index (χ2v) is 11.2. The van der Waals surface area contributed by atoms with Crippen LogP contribution in [-0.2, 0) is 48.7 Å². The predicted molar refractivity (Wildman–Crippen MR) is 144 cm³/mol. The van der Waals surface area contributed by atoms with E-state index in [0.29, 0.717) is 90.8 Å². The Morgan fingerprint density at radius 3 is 1.02 bits per heavy atom. The van der Waals surface area contributed by atoms with Gasteiger partial charge in [0.05, 0.1) is 77.6 Å². The van der Waals surface area contributed by atoms with E-state index in [2.05, 4.69) is 0 Å². The Bertz CT molecular complexity index is 879. The summed E-state index contributed by atoms with van der Waals surface area (Å²) in [4.78, 5) is 0. The molecule has 0 aromatic heterocycles. The van der Waals surface area contributed by atoms with Crippen molar-refractivity contribution in [2.45, 2.75) is 12.8 Å². The molecule has 0 atom stereocenters. The minimum atomic E-state index is -3.94. The highest BCUT2D eigenvalue weighted by Crippen LogP contribution is 2.26. The topological polar surface area (TPSA) is 183 Å². The first kappa shape index (κ1) is 36.4. The van der Waals surface area contributed by atoms with Crippen molar-refractivity contribution >= 4 is 20.2 Å². The molecule has 0 radical (unpaired) electrons. The van der Waals surface area contributed by atoms with E-state index in [-0.39, 0.29) is 37.6 Å². The molecule has 0 saturated heterocycles. The normalized spacial score (nSPS) is 12.1. The third kappa shape index (κ3) is 24.2. The van der Waals surface area contributed by atoms with Crippen molar-refractivity contribution in [3.63, 3.8) is 0 Å². The summed E-state index contributed by atoms with van der Waals surface area (Å²) in [5.41, 5.74) is 0. The third-order valence-electron chi connectivity index (χ3n) is 4.69. The maximum absolute atomic E-state index is 10.6. The number of hydrogen-bond donors (Lipinski definition) is 2. The van der Waals surface area contributed by atoms with Gasteiger partial charge in [0, 0.05) is 13.2 Å². The summed E-state index contributed by atoms with van der Waals surface area (Å²) in [5, 5.41) is 0. The fourth-order valence-corrected chi connectivity index (χ4v) is 3.85. The molecule has 0 spiro atoms. The van der Waals surface area contributed by atoms with Crippen molar-refractivity contribution in [2.24, 2.45) is 0 Å². The molecule has 14 nitrogen and oxygen atoms in total. The monoisotopic (exact) mass is 618 g/mol. The SMILES string of the molecule is O=S(=O)(O)CCCOCCOCCOCCOc1ccccc1OCCOCCOCCOCCCS(=O)(=O)O. The Morgan fingerprint density at radius 1 is 0.450 bits per heavy atom. The Morgan fingerprint density at radius 2 is 0.725 bits per heavy atom. The zero-order valence-electron chi connectivity index (χ0n) is 22.6. The summed E-state index contributed by atoms with van der Waals surface area (Å²) in [7, 11) is -7.89. The van der Waals surface area contributed by atoms with Crippen LogP contribution in [0.3, 0.4) is 0 Å². The van der Waals surface area contributed by atoms with Gasteiger partial charge in [-0.2, -0.15) is 16.8 Å². The molecule has 234 valence electrons. The summed E-state index contributed by atoms with van der Waals surface area (Å²) in [6.45, 7) is 4.74. The molecule has 0 fully saturated rings. The lowest BCUT2D eigenvalue weighted by atomic mass is 10.3. The van der Waals surface area contributed by atoms with Crippen molar-refractivity contribution in [2.75, 3.05) is 104 Å². The molecule has 0 bridgehead atoms. The van der Waals surface area contributed by atoms with E-state index in [1.54, 1.807) is 12.1 Å².